The molecule has 4 rings (SSSR count). The van der Waals surface area contributed by atoms with Crippen molar-refractivity contribution in [2.24, 2.45) is 4.99 Å². The first-order chi connectivity index (χ1) is 14.8. The Morgan fingerprint density at radius 1 is 0.933 bits per heavy atom. The lowest BCUT2D eigenvalue weighted by atomic mass is 10.1. The molecule has 0 aliphatic rings. The fourth-order valence-electron chi connectivity index (χ4n) is 3.64. The Labute approximate surface area is 177 Å². The predicted octanol–water partition coefficient (Wildman–Crippen LogP) is 3.64. The molecule has 0 atom stereocenters. The molecule has 0 unspecified atom stereocenters. The van der Waals surface area contributed by atoms with E-state index in [1.807, 2.05) is 30.2 Å². The molecule has 6 nitrogen and oxygen atoms in total. The molecule has 0 bridgehead atoms. The molecule has 0 saturated heterocycles. The third-order valence-electron chi connectivity index (χ3n) is 5.23. The number of rotatable bonds is 8. The summed E-state index contributed by atoms with van der Waals surface area (Å²) in [4.78, 5) is 4.36. The topological polar surface area (TPSA) is 59.2 Å². The molecule has 2 aromatic carbocycles. The van der Waals surface area contributed by atoms with E-state index in [-0.39, 0.29) is 0 Å². The molecular formula is C24H28N6. The van der Waals surface area contributed by atoms with E-state index in [1.54, 1.807) is 0 Å². The summed E-state index contributed by atoms with van der Waals surface area (Å²) in [5.74, 6) is 0.821. The van der Waals surface area contributed by atoms with Crippen LogP contribution in [0, 0.1) is 0 Å². The van der Waals surface area contributed by atoms with Gasteiger partial charge in [0.05, 0.1) is 6.54 Å². The maximum Gasteiger partial charge on any atom is 0.191 e. The number of fused-ring (bicyclic) bond motifs is 1. The van der Waals surface area contributed by atoms with Crippen LogP contribution in [-0.4, -0.2) is 33.9 Å². The smallest absolute Gasteiger partial charge is 0.191 e. The number of nitrogens with zero attached hydrogens (tertiary/aromatic N) is 4. The standard InChI is InChI=1S/C24H28N6/c1-25-24(26-13-6-15-29-17-12-20-8-4-5-11-23(20)29)27-18-21-9-2-3-10-22(21)19-30-16-7-14-28-30/h2-5,7-12,14,16-17H,6,13,15,18-19H2,1H3,(H2,25,26,27). The van der Waals surface area contributed by atoms with Gasteiger partial charge in [0, 0.05) is 50.8 Å². The van der Waals surface area contributed by atoms with Crippen molar-refractivity contribution in [1.82, 2.24) is 25.0 Å². The highest BCUT2D eigenvalue weighted by atomic mass is 15.3. The van der Waals surface area contributed by atoms with Gasteiger partial charge in [-0.25, -0.2) is 0 Å². The van der Waals surface area contributed by atoms with Crippen molar-refractivity contribution >= 4 is 16.9 Å². The van der Waals surface area contributed by atoms with Crippen LogP contribution < -0.4 is 10.6 Å². The second kappa shape index (κ2) is 9.78. The average molecular weight is 401 g/mol. The fourth-order valence-corrected chi connectivity index (χ4v) is 3.64. The van der Waals surface area contributed by atoms with Gasteiger partial charge in [0.25, 0.3) is 0 Å². The zero-order chi connectivity index (χ0) is 20.6. The number of hydrogen-bond donors (Lipinski definition) is 2. The molecule has 0 fully saturated rings. The number of aromatic nitrogens is 3. The molecule has 6 heteroatoms. The number of nitrogens with one attached hydrogen (secondary N) is 2. The zero-order valence-electron chi connectivity index (χ0n) is 17.3. The molecule has 2 N–H and O–H groups in total. The highest BCUT2D eigenvalue weighted by molar-refractivity contribution is 5.80. The number of aryl methyl sites for hydroxylation is 1. The minimum Gasteiger partial charge on any atom is -0.356 e. The van der Waals surface area contributed by atoms with Crippen LogP contribution in [0.15, 0.2) is 84.2 Å². The Morgan fingerprint density at radius 3 is 2.60 bits per heavy atom. The van der Waals surface area contributed by atoms with Gasteiger partial charge in [-0.05, 0) is 41.1 Å². The van der Waals surface area contributed by atoms with Gasteiger partial charge < -0.3 is 15.2 Å². The Morgan fingerprint density at radius 2 is 1.77 bits per heavy atom. The summed E-state index contributed by atoms with van der Waals surface area (Å²) in [6.07, 6.45) is 6.98. The monoisotopic (exact) mass is 400 g/mol. The SMILES string of the molecule is CN=C(NCCCn1ccc2ccccc21)NCc1ccccc1Cn1cccn1. The lowest BCUT2D eigenvalue weighted by molar-refractivity contribution is 0.639. The highest BCUT2D eigenvalue weighted by Gasteiger charge is 2.05. The van der Waals surface area contributed by atoms with Crippen LogP contribution in [0.3, 0.4) is 0 Å². The Bertz CT molecular complexity index is 1090. The molecule has 2 aromatic heterocycles. The lowest BCUT2D eigenvalue weighted by Crippen LogP contribution is -2.37. The molecule has 0 aliphatic carbocycles. The van der Waals surface area contributed by atoms with Crippen molar-refractivity contribution in [2.45, 2.75) is 26.1 Å². The Kier molecular flexibility index (Phi) is 6.44. The van der Waals surface area contributed by atoms with Crippen molar-refractivity contribution in [3.05, 3.63) is 90.4 Å². The maximum atomic E-state index is 4.36. The Hall–Kier alpha value is -3.54. The maximum absolute atomic E-state index is 4.36. The van der Waals surface area contributed by atoms with Crippen LogP contribution in [0.5, 0.6) is 0 Å². The normalized spacial score (nSPS) is 11.7. The quantitative estimate of drug-likeness (QED) is 0.270. The van der Waals surface area contributed by atoms with Gasteiger partial charge in [-0.2, -0.15) is 5.10 Å². The first-order valence-corrected chi connectivity index (χ1v) is 10.4. The second-order valence-corrected chi connectivity index (χ2v) is 7.25. The van der Waals surface area contributed by atoms with Crippen LogP contribution >= 0.6 is 0 Å². The van der Waals surface area contributed by atoms with Crippen LogP contribution in [0.2, 0.25) is 0 Å². The molecule has 154 valence electrons. The molecule has 0 aliphatic heterocycles. The summed E-state index contributed by atoms with van der Waals surface area (Å²) in [5, 5.41) is 12.5. The first kappa shape index (κ1) is 19.8. The van der Waals surface area contributed by atoms with Crippen molar-refractivity contribution in [2.75, 3.05) is 13.6 Å². The molecule has 0 spiro atoms. The predicted molar refractivity (Wildman–Crippen MR) is 123 cm³/mol. The van der Waals surface area contributed by atoms with Gasteiger partial charge >= 0.3 is 0 Å². The van der Waals surface area contributed by atoms with Crippen molar-refractivity contribution in [1.29, 1.82) is 0 Å². The van der Waals surface area contributed by atoms with Crippen molar-refractivity contribution in [3.8, 4) is 0 Å². The molecule has 0 radical (unpaired) electrons. The van der Waals surface area contributed by atoms with Crippen molar-refractivity contribution < 1.29 is 0 Å². The minimum absolute atomic E-state index is 0.722. The van der Waals surface area contributed by atoms with E-state index in [4.69, 9.17) is 0 Å². The molecule has 4 aromatic rings. The average Bonchev–Trinajstić information content (AvgIpc) is 3.44. The van der Waals surface area contributed by atoms with E-state index in [1.165, 1.54) is 22.0 Å². The first-order valence-electron chi connectivity index (χ1n) is 10.4. The molecule has 2 heterocycles. The number of guanidine groups is 1. The van der Waals surface area contributed by atoms with E-state index < -0.39 is 0 Å². The van der Waals surface area contributed by atoms with E-state index in [2.05, 4.69) is 86.1 Å². The number of para-hydroxylation sites is 1. The van der Waals surface area contributed by atoms with Gasteiger partial charge in [0.15, 0.2) is 5.96 Å². The summed E-state index contributed by atoms with van der Waals surface area (Å²) in [6, 6.07) is 21.1. The molecule has 0 saturated carbocycles. The van der Waals surface area contributed by atoms with Gasteiger partial charge in [-0.15, -0.1) is 0 Å². The van der Waals surface area contributed by atoms with E-state index in [9.17, 15) is 0 Å². The number of aliphatic imine (C=N–C) groups is 1. The van der Waals surface area contributed by atoms with Crippen LogP contribution in [0.4, 0.5) is 0 Å². The van der Waals surface area contributed by atoms with Gasteiger partial charge in [0.2, 0.25) is 0 Å². The third kappa shape index (κ3) is 4.89. The van der Waals surface area contributed by atoms with Gasteiger partial charge in [-0.3, -0.25) is 9.67 Å². The van der Waals surface area contributed by atoms with E-state index >= 15 is 0 Å². The van der Waals surface area contributed by atoms with Crippen LogP contribution in [-0.2, 0) is 19.6 Å². The van der Waals surface area contributed by atoms with E-state index in [0.29, 0.717) is 0 Å². The van der Waals surface area contributed by atoms with E-state index in [0.717, 1.165) is 38.6 Å². The summed E-state index contributed by atoms with van der Waals surface area (Å²) in [6.45, 7) is 3.33. The Balaban J connectivity index is 1.26. The second-order valence-electron chi connectivity index (χ2n) is 7.25. The number of benzene rings is 2. The van der Waals surface area contributed by atoms with Crippen LogP contribution in [0.1, 0.15) is 17.5 Å². The zero-order valence-corrected chi connectivity index (χ0v) is 17.3. The number of hydrogen-bond acceptors (Lipinski definition) is 2. The lowest BCUT2D eigenvalue weighted by Gasteiger charge is -2.15. The van der Waals surface area contributed by atoms with Gasteiger partial charge in [-0.1, -0.05) is 42.5 Å². The fraction of sp³-hybridized carbons (Fsp3) is 0.250. The minimum atomic E-state index is 0.722. The highest BCUT2D eigenvalue weighted by Crippen LogP contribution is 2.15. The summed E-state index contributed by atoms with van der Waals surface area (Å²) >= 11 is 0. The summed E-state index contributed by atoms with van der Waals surface area (Å²) in [5.41, 5.74) is 3.78. The molecule has 30 heavy (non-hydrogen) atoms. The molecular weight excluding hydrogens is 372 g/mol. The third-order valence-corrected chi connectivity index (χ3v) is 5.23. The molecule has 0 amide bonds. The van der Waals surface area contributed by atoms with Crippen molar-refractivity contribution in [3.63, 3.8) is 0 Å². The summed E-state index contributed by atoms with van der Waals surface area (Å²) in [7, 11) is 1.81. The summed E-state index contributed by atoms with van der Waals surface area (Å²) < 4.78 is 4.25. The largest absolute Gasteiger partial charge is 0.356 e. The van der Waals surface area contributed by atoms with Gasteiger partial charge in [0.1, 0.15) is 0 Å². The van der Waals surface area contributed by atoms with Crippen LogP contribution in [0.25, 0.3) is 10.9 Å².